The van der Waals surface area contributed by atoms with Gasteiger partial charge < -0.3 is 8.97 Å². The zero-order chi connectivity index (χ0) is 43.4. The standard InChI is InChI=1S/C62H40B2N2/c1-33-15-12-16-34(2)55(33)63-49-29-40(37-19-6-5-7-20-37)30-50-58(49)66-59-51(63)31-47-41-23-10-8-21-38(41)27-45-43-25-14-26-44-46-28-39-22-9-11-24-42(39)48-32-52(64(50)56-35(3)17-13-18-36(56)4)60(66)62(54(46)48)65(57(43)44)61(59)53(45)47/h5-32H,1-4H3. The normalized spacial score (nSPS) is 13.4. The van der Waals surface area contributed by atoms with Crippen LogP contribution >= 0.6 is 0 Å². The minimum absolute atomic E-state index is 0.0129. The largest absolute Gasteiger partial charge is 0.308 e. The van der Waals surface area contributed by atoms with E-state index in [-0.39, 0.29) is 13.4 Å². The molecule has 0 atom stereocenters. The quantitative estimate of drug-likeness (QED) is 0.0953. The molecule has 0 radical (unpaired) electrons. The minimum Gasteiger partial charge on any atom is -0.308 e. The lowest BCUT2D eigenvalue weighted by Crippen LogP contribution is -2.65. The van der Waals surface area contributed by atoms with E-state index in [0.29, 0.717) is 0 Å². The van der Waals surface area contributed by atoms with Gasteiger partial charge in [-0.1, -0.05) is 191 Å². The van der Waals surface area contributed by atoms with Crippen LogP contribution in [0.5, 0.6) is 0 Å². The third-order valence-corrected chi connectivity index (χ3v) is 16.4. The van der Waals surface area contributed by atoms with Gasteiger partial charge in [-0.25, -0.2) is 0 Å². The third-order valence-electron chi connectivity index (χ3n) is 16.4. The summed E-state index contributed by atoms with van der Waals surface area (Å²) >= 11 is 0. The van der Waals surface area contributed by atoms with E-state index in [2.05, 4.69) is 207 Å². The molecule has 0 N–H and O–H groups in total. The average Bonchev–Trinajstić information content (AvgIpc) is 3.34. The smallest absolute Gasteiger partial charge is 0.247 e. The van der Waals surface area contributed by atoms with Gasteiger partial charge >= 0.3 is 0 Å². The zero-order valence-electron chi connectivity index (χ0n) is 37.2. The Kier molecular flexibility index (Phi) is 6.51. The Labute approximate surface area is 382 Å². The van der Waals surface area contributed by atoms with Crippen LogP contribution in [0.2, 0.25) is 0 Å². The topological polar surface area (TPSA) is 9.34 Å². The van der Waals surface area contributed by atoms with Crippen molar-refractivity contribution < 1.29 is 0 Å². The van der Waals surface area contributed by atoms with Crippen molar-refractivity contribution in [3.8, 4) is 16.8 Å². The van der Waals surface area contributed by atoms with E-state index < -0.39 is 0 Å². The van der Waals surface area contributed by atoms with Crippen molar-refractivity contribution >= 4 is 138 Å². The van der Waals surface area contributed by atoms with Crippen LogP contribution < -0.4 is 32.8 Å². The Hall–Kier alpha value is -7.81. The van der Waals surface area contributed by atoms with Gasteiger partial charge in [-0.15, -0.1) is 0 Å². The van der Waals surface area contributed by atoms with Gasteiger partial charge in [-0.3, -0.25) is 0 Å². The van der Waals surface area contributed by atoms with Gasteiger partial charge in [0.2, 0.25) is 13.4 Å². The predicted octanol–water partition coefficient (Wildman–Crippen LogP) is 11.4. The van der Waals surface area contributed by atoms with E-state index in [4.69, 9.17) is 0 Å². The van der Waals surface area contributed by atoms with E-state index in [1.807, 2.05) is 0 Å². The molecule has 2 nitrogen and oxygen atoms in total. The molecule has 66 heavy (non-hydrogen) atoms. The Morgan fingerprint density at radius 1 is 0.318 bits per heavy atom. The van der Waals surface area contributed by atoms with Crippen LogP contribution in [0.25, 0.3) is 109 Å². The first kappa shape index (κ1) is 35.5. The second kappa shape index (κ2) is 12.1. The number of benzene rings is 11. The van der Waals surface area contributed by atoms with Crippen molar-refractivity contribution in [3.05, 3.63) is 192 Å². The van der Waals surface area contributed by atoms with Gasteiger partial charge in [0.25, 0.3) is 0 Å². The van der Waals surface area contributed by atoms with Gasteiger partial charge in [0.15, 0.2) is 0 Å². The van der Waals surface area contributed by atoms with Crippen LogP contribution in [0.15, 0.2) is 170 Å². The van der Waals surface area contributed by atoms with Crippen molar-refractivity contribution in [2.45, 2.75) is 27.7 Å². The number of aromatic nitrogens is 2. The average molecular weight is 835 g/mol. The Morgan fingerprint density at radius 2 is 0.742 bits per heavy atom. The summed E-state index contributed by atoms with van der Waals surface area (Å²) in [5.74, 6) is 0. The highest BCUT2D eigenvalue weighted by Gasteiger charge is 2.44. The van der Waals surface area contributed by atoms with Gasteiger partial charge in [0.1, 0.15) is 0 Å². The molecule has 0 saturated carbocycles. The summed E-state index contributed by atoms with van der Waals surface area (Å²) in [6, 6.07) is 65.7. The van der Waals surface area contributed by atoms with E-state index in [9.17, 15) is 0 Å². The van der Waals surface area contributed by atoms with Gasteiger partial charge in [0, 0.05) is 27.2 Å². The minimum atomic E-state index is -0.0129. The molecule has 0 fully saturated rings. The predicted molar refractivity (Wildman–Crippen MR) is 286 cm³/mol. The summed E-state index contributed by atoms with van der Waals surface area (Å²) in [5.41, 5.74) is 24.2. The Morgan fingerprint density at radius 3 is 1.24 bits per heavy atom. The molecule has 0 saturated heterocycles. The molecule has 16 rings (SSSR count). The molecule has 14 aromatic rings. The highest BCUT2D eigenvalue weighted by atomic mass is 15.1. The molecule has 0 bridgehead atoms. The third kappa shape index (κ3) is 4.10. The maximum absolute atomic E-state index is 2.80. The summed E-state index contributed by atoms with van der Waals surface area (Å²) in [4.78, 5) is 0. The molecular weight excluding hydrogens is 794 g/mol. The fraction of sp³-hybridized carbons (Fsp3) is 0.0645. The number of hydrogen-bond donors (Lipinski definition) is 0. The lowest BCUT2D eigenvalue weighted by atomic mass is 9.30. The SMILES string of the molecule is Cc1cccc(C)c1B1c2cc(-c3ccccc3)cc3c2-n2c4c1cc1c5ccccc5cc5c6cccc7c8cc9ccccc9c9cc(c2c(c98)n(c67)c4c15)B3c1c(C)cccc1C. The van der Waals surface area contributed by atoms with Crippen LogP contribution in [0, 0.1) is 27.7 Å². The lowest BCUT2D eigenvalue weighted by molar-refractivity contribution is 1.15. The number of rotatable bonds is 3. The highest BCUT2D eigenvalue weighted by Crippen LogP contribution is 2.49. The van der Waals surface area contributed by atoms with Gasteiger partial charge in [-0.05, 0) is 116 Å². The fourth-order valence-electron chi connectivity index (χ4n) is 13.9. The lowest BCUT2D eigenvalue weighted by Gasteiger charge is -2.41. The van der Waals surface area contributed by atoms with E-state index in [1.54, 1.807) is 0 Å². The first-order valence-corrected chi connectivity index (χ1v) is 23.6. The monoisotopic (exact) mass is 834 g/mol. The molecule has 2 aliphatic rings. The zero-order valence-corrected chi connectivity index (χ0v) is 37.2. The van der Waals surface area contributed by atoms with Crippen molar-refractivity contribution in [1.82, 2.24) is 8.97 Å². The molecule has 2 aliphatic heterocycles. The van der Waals surface area contributed by atoms with Gasteiger partial charge in [-0.2, -0.15) is 0 Å². The first-order valence-electron chi connectivity index (χ1n) is 23.6. The van der Waals surface area contributed by atoms with Crippen LogP contribution in [0.3, 0.4) is 0 Å². The summed E-state index contributed by atoms with van der Waals surface area (Å²) in [6.07, 6.45) is 0. The molecule has 304 valence electrons. The first-order chi connectivity index (χ1) is 32.4. The van der Waals surface area contributed by atoms with Gasteiger partial charge in [0.05, 0.1) is 27.6 Å². The van der Waals surface area contributed by atoms with E-state index in [0.717, 1.165) is 0 Å². The van der Waals surface area contributed by atoms with Crippen LogP contribution in [0.1, 0.15) is 22.3 Å². The van der Waals surface area contributed by atoms with Crippen molar-refractivity contribution in [2.75, 3.05) is 0 Å². The maximum atomic E-state index is 2.80. The van der Waals surface area contributed by atoms with E-state index >= 15 is 0 Å². The Balaban J connectivity index is 1.28. The van der Waals surface area contributed by atoms with Crippen LogP contribution in [0.4, 0.5) is 0 Å². The van der Waals surface area contributed by atoms with Crippen molar-refractivity contribution in [2.24, 2.45) is 0 Å². The van der Waals surface area contributed by atoms with Crippen molar-refractivity contribution in [1.29, 1.82) is 0 Å². The summed E-state index contributed by atoms with van der Waals surface area (Å²) in [6.45, 7) is 9.32. The summed E-state index contributed by atoms with van der Waals surface area (Å²) in [5, 5.41) is 15.8. The number of hydrogen-bond acceptors (Lipinski definition) is 0. The molecule has 5 heterocycles. The maximum Gasteiger partial charge on any atom is 0.247 e. The fourth-order valence-corrected chi connectivity index (χ4v) is 13.9. The highest BCUT2D eigenvalue weighted by molar-refractivity contribution is 7.02. The second-order valence-electron chi connectivity index (χ2n) is 19.7. The number of aryl methyl sites for hydroxylation is 4. The molecule has 0 aliphatic carbocycles. The molecule has 3 aromatic heterocycles. The summed E-state index contributed by atoms with van der Waals surface area (Å²) < 4.78 is 5.58. The van der Waals surface area contributed by atoms with Crippen molar-refractivity contribution in [3.63, 3.8) is 0 Å². The molecule has 0 amide bonds. The second-order valence-corrected chi connectivity index (χ2v) is 19.7. The molecule has 0 spiro atoms. The molecule has 11 aromatic carbocycles. The number of fused-ring (bicyclic) bond motifs is 6. The number of pyridine rings is 2. The Bertz CT molecular complexity index is 4220. The van der Waals surface area contributed by atoms with Crippen LogP contribution in [-0.2, 0) is 0 Å². The molecular formula is C62H40B2N2. The number of nitrogens with zero attached hydrogens (tertiary/aromatic N) is 2. The molecule has 4 heteroatoms. The van der Waals surface area contributed by atoms with E-state index in [1.165, 1.54) is 164 Å². The summed E-state index contributed by atoms with van der Waals surface area (Å²) in [7, 11) is 0. The molecule has 0 unspecified atom stereocenters. The number of para-hydroxylation sites is 1. The van der Waals surface area contributed by atoms with Crippen LogP contribution in [-0.4, -0.2) is 22.4 Å².